The predicted molar refractivity (Wildman–Crippen MR) is 66.5 cm³/mol. The van der Waals surface area contributed by atoms with E-state index in [1.165, 1.54) is 6.42 Å². The molecule has 0 radical (unpaired) electrons. The van der Waals surface area contributed by atoms with E-state index in [0.29, 0.717) is 17.3 Å². The highest BCUT2D eigenvalue weighted by molar-refractivity contribution is 5.89. The van der Waals surface area contributed by atoms with Crippen LogP contribution in [0.1, 0.15) is 46.5 Å². The number of carbonyl (C=O) groups is 1. The molecule has 17 heavy (non-hydrogen) atoms. The van der Waals surface area contributed by atoms with E-state index in [9.17, 15) is 9.90 Å². The Hall–Kier alpha value is -0.790. The van der Waals surface area contributed by atoms with Gasteiger partial charge in [0.1, 0.15) is 0 Å². The highest BCUT2D eigenvalue weighted by atomic mass is 16.4. The Bertz CT molecular complexity index is 407. The molecule has 0 amide bonds. The minimum Gasteiger partial charge on any atom is -0.478 e. The van der Waals surface area contributed by atoms with Crippen LogP contribution in [0.4, 0.5) is 0 Å². The molecular weight excluding hydrogens is 212 g/mol. The van der Waals surface area contributed by atoms with Gasteiger partial charge in [-0.05, 0) is 48.9 Å². The Labute approximate surface area is 103 Å². The van der Waals surface area contributed by atoms with Gasteiger partial charge in [-0.25, -0.2) is 4.79 Å². The normalized spacial score (nSPS) is 46.5. The van der Waals surface area contributed by atoms with Crippen LogP contribution in [0, 0.1) is 28.6 Å². The van der Waals surface area contributed by atoms with Gasteiger partial charge in [0.05, 0.1) is 0 Å². The predicted octanol–water partition coefficient (Wildman–Crippen LogP) is 3.48. The quantitative estimate of drug-likeness (QED) is 0.754. The van der Waals surface area contributed by atoms with Gasteiger partial charge in [-0.15, -0.1) is 0 Å². The molecule has 3 aliphatic carbocycles. The highest BCUT2D eigenvalue weighted by Crippen LogP contribution is 2.70. The molecule has 0 aromatic carbocycles. The summed E-state index contributed by atoms with van der Waals surface area (Å²) in [7, 11) is 0. The summed E-state index contributed by atoms with van der Waals surface area (Å²) in [6.45, 7) is 7.08. The molecule has 3 aliphatic rings. The second-order valence-electron chi connectivity index (χ2n) is 7.02. The Morgan fingerprint density at radius 1 is 1.47 bits per heavy atom. The van der Waals surface area contributed by atoms with Crippen molar-refractivity contribution in [3.05, 3.63) is 11.6 Å². The fourth-order valence-corrected chi connectivity index (χ4v) is 5.37. The van der Waals surface area contributed by atoms with E-state index < -0.39 is 5.97 Å². The van der Waals surface area contributed by atoms with Gasteiger partial charge in [-0.3, -0.25) is 0 Å². The summed E-state index contributed by atoms with van der Waals surface area (Å²) in [6, 6.07) is 0. The van der Waals surface area contributed by atoms with Gasteiger partial charge in [-0.2, -0.15) is 0 Å². The van der Waals surface area contributed by atoms with E-state index in [1.807, 2.05) is 6.08 Å². The van der Waals surface area contributed by atoms with Gasteiger partial charge in [0.2, 0.25) is 0 Å². The number of allylic oxidation sites excluding steroid dienone is 1. The summed E-state index contributed by atoms with van der Waals surface area (Å²) >= 11 is 0. The van der Waals surface area contributed by atoms with Crippen LogP contribution in [0.25, 0.3) is 0 Å². The molecule has 4 atom stereocenters. The number of hydrogen-bond donors (Lipinski definition) is 1. The van der Waals surface area contributed by atoms with Crippen LogP contribution >= 0.6 is 0 Å². The zero-order valence-electron chi connectivity index (χ0n) is 11.0. The van der Waals surface area contributed by atoms with Crippen molar-refractivity contribution in [3.8, 4) is 0 Å². The SMILES string of the molecule is C[C@@H]1CC[C@]23C[C@H]1C(C)(C)[C@H]2CC=C3C(=O)O. The molecule has 0 heterocycles. The summed E-state index contributed by atoms with van der Waals surface area (Å²) in [5, 5.41) is 9.43. The summed E-state index contributed by atoms with van der Waals surface area (Å²) < 4.78 is 0. The molecule has 0 aliphatic heterocycles. The van der Waals surface area contributed by atoms with Crippen LogP contribution < -0.4 is 0 Å². The van der Waals surface area contributed by atoms with E-state index in [4.69, 9.17) is 0 Å². The van der Waals surface area contributed by atoms with Crippen LogP contribution in [0.5, 0.6) is 0 Å². The highest BCUT2D eigenvalue weighted by Gasteiger charge is 2.64. The fourth-order valence-electron chi connectivity index (χ4n) is 5.37. The Balaban J connectivity index is 2.07. The topological polar surface area (TPSA) is 37.3 Å². The zero-order valence-corrected chi connectivity index (χ0v) is 11.0. The lowest BCUT2D eigenvalue weighted by atomic mass is 9.67. The Morgan fingerprint density at radius 3 is 2.82 bits per heavy atom. The Kier molecular flexibility index (Phi) is 2.10. The average molecular weight is 234 g/mol. The smallest absolute Gasteiger partial charge is 0.331 e. The van der Waals surface area contributed by atoms with Crippen molar-refractivity contribution in [2.24, 2.45) is 28.6 Å². The van der Waals surface area contributed by atoms with E-state index in [-0.39, 0.29) is 5.41 Å². The summed E-state index contributed by atoms with van der Waals surface area (Å²) in [5.41, 5.74) is 1.07. The first kappa shape index (κ1) is 11.3. The van der Waals surface area contributed by atoms with Crippen molar-refractivity contribution in [2.45, 2.75) is 46.5 Å². The van der Waals surface area contributed by atoms with Gasteiger partial charge in [0, 0.05) is 11.0 Å². The molecule has 1 spiro atoms. The zero-order chi connectivity index (χ0) is 12.4. The molecule has 1 N–H and O–H groups in total. The molecule has 2 bridgehead atoms. The van der Waals surface area contributed by atoms with Gasteiger partial charge >= 0.3 is 5.97 Å². The molecule has 2 fully saturated rings. The summed E-state index contributed by atoms with van der Waals surface area (Å²) in [6.07, 6.45) is 6.41. The monoisotopic (exact) mass is 234 g/mol. The molecule has 0 aromatic rings. The number of aliphatic carboxylic acids is 1. The molecule has 2 nitrogen and oxygen atoms in total. The van der Waals surface area contributed by atoms with E-state index in [1.54, 1.807) is 0 Å². The van der Waals surface area contributed by atoms with Gasteiger partial charge in [-0.1, -0.05) is 26.8 Å². The molecule has 0 saturated heterocycles. The molecular formula is C15H22O2. The first-order chi connectivity index (χ1) is 7.89. The lowest BCUT2D eigenvalue weighted by Crippen LogP contribution is -2.32. The first-order valence-corrected chi connectivity index (χ1v) is 6.83. The van der Waals surface area contributed by atoms with Gasteiger partial charge < -0.3 is 5.11 Å². The number of carboxylic acid groups (broad SMARTS) is 1. The van der Waals surface area contributed by atoms with Gasteiger partial charge in [0.15, 0.2) is 0 Å². The van der Waals surface area contributed by atoms with Crippen LogP contribution in [0.3, 0.4) is 0 Å². The maximum atomic E-state index is 11.5. The van der Waals surface area contributed by atoms with Crippen molar-refractivity contribution >= 4 is 5.97 Å². The van der Waals surface area contributed by atoms with Crippen LogP contribution in [0.2, 0.25) is 0 Å². The average Bonchev–Trinajstić information content (AvgIpc) is 2.68. The van der Waals surface area contributed by atoms with Crippen LogP contribution in [0.15, 0.2) is 11.6 Å². The van der Waals surface area contributed by atoms with Crippen LogP contribution in [-0.2, 0) is 4.79 Å². The second kappa shape index (κ2) is 3.15. The maximum absolute atomic E-state index is 11.5. The number of carboxylic acids is 1. The van der Waals surface area contributed by atoms with Crippen molar-refractivity contribution in [1.29, 1.82) is 0 Å². The molecule has 0 aromatic heterocycles. The van der Waals surface area contributed by atoms with Crippen LogP contribution in [-0.4, -0.2) is 11.1 Å². The maximum Gasteiger partial charge on any atom is 0.331 e. The molecule has 0 unspecified atom stereocenters. The third-order valence-electron chi connectivity index (χ3n) is 6.16. The summed E-state index contributed by atoms with van der Waals surface area (Å²) in [4.78, 5) is 11.5. The Morgan fingerprint density at radius 2 is 2.18 bits per heavy atom. The van der Waals surface area contributed by atoms with E-state index in [0.717, 1.165) is 30.8 Å². The molecule has 3 rings (SSSR count). The largest absolute Gasteiger partial charge is 0.478 e. The standard InChI is InChI=1S/C15H22O2/c1-9-6-7-15-8-11(9)14(2,3)12(15)5-4-10(15)13(16)17/h4,9,11-12H,5-8H2,1-3H3,(H,16,17)/t9-,11-,12-,15-/m1/s1. The first-order valence-electron chi connectivity index (χ1n) is 6.83. The number of hydrogen-bond acceptors (Lipinski definition) is 1. The molecule has 94 valence electrons. The summed E-state index contributed by atoms with van der Waals surface area (Å²) in [5.74, 6) is 1.37. The lowest BCUT2D eigenvalue weighted by molar-refractivity contribution is -0.134. The van der Waals surface area contributed by atoms with Crippen molar-refractivity contribution < 1.29 is 9.90 Å². The van der Waals surface area contributed by atoms with E-state index >= 15 is 0 Å². The second-order valence-corrected chi connectivity index (χ2v) is 7.02. The molecule has 2 heteroatoms. The van der Waals surface area contributed by atoms with Crippen molar-refractivity contribution in [1.82, 2.24) is 0 Å². The van der Waals surface area contributed by atoms with Gasteiger partial charge in [0.25, 0.3) is 0 Å². The molecule has 2 saturated carbocycles. The number of rotatable bonds is 1. The minimum absolute atomic E-state index is 0.0203. The minimum atomic E-state index is -0.668. The lowest BCUT2D eigenvalue weighted by Gasteiger charge is -2.36. The third-order valence-corrected chi connectivity index (χ3v) is 6.16. The third kappa shape index (κ3) is 1.19. The fraction of sp³-hybridized carbons (Fsp3) is 0.800. The van der Waals surface area contributed by atoms with Crippen molar-refractivity contribution in [3.63, 3.8) is 0 Å². The van der Waals surface area contributed by atoms with E-state index in [2.05, 4.69) is 20.8 Å². The van der Waals surface area contributed by atoms with Crippen molar-refractivity contribution in [2.75, 3.05) is 0 Å². The number of fused-ring (bicyclic) bond motifs is 1.